The smallest absolute Gasteiger partial charge is 0.328 e. The summed E-state index contributed by atoms with van der Waals surface area (Å²) in [5.41, 5.74) is 6.27. The number of carbonyl (C=O) groups excluding carboxylic acids is 4. The number of imidazole rings is 1. The number of carbonyl (C=O) groups is 4. The van der Waals surface area contributed by atoms with Crippen LogP contribution in [0.25, 0.3) is 5.65 Å². The number of hydrogen-bond donors (Lipinski definition) is 3. The van der Waals surface area contributed by atoms with Crippen molar-refractivity contribution in [3.63, 3.8) is 0 Å². The van der Waals surface area contributed by atoms with Crippen molar-refractivity contribution in [2.45, 2.75) is 95.4 Å². The second-order valence-electron chi connectivity index (χ2n) is 19.3. The topological polar surface area (TPSA) is 160 Å². The molecular weight excluding hydrogens is 884 g/mol. The van der Waals surface area contributed by atoms with E-state index in [-0.39, 0.29) is 54.8 Å². The first-order valence-electron chi connectivity index (χ1n) is 23.6. The first-order valence-corrected chi connectivity index (χ1v) is 24.0. The molecule has 19 heteroatoms. The van der Waals surface area contributed by atoms with Gasteiger partial charge in [0.15, 0.2) is 17.2 Å². The molecule has 5 fully saturated rings. The van der Waals surface area contributed by atoms with Crippen LogP contribution in [0.1, 0.15) is 88.9 Å². The number of nitrogens with zero attached hydrogens (tertiary/aromatic N) is 8. The number of aromatic nitrogens is 3. The highest BCUT2D eigenvalue weighted by molar-refractivity contribution is 6.32. The van der Waals surface area contributed by atoms with E-state index < -0.39 is 18.0 Å². The molecule has 16 nitrogen and oxygen atoms in total. The number of piperidine rings is 3. The number of benzene rings is 2. The largest absolute Gasteiger partial charge is 0.385 e. The van der Waals surface area contributed by atoms with Crippen LogP contribution < -0.4 is 25.8 Å². The van der Waals surface area contributed by atoms with Crippen molar-refractivity contribution in [2.24, 2.45) is 5.41 Å². The maximum absolute atomic E-state index is 16.3. The standard InChI is InChI=1S/C48H58ClF2N11O5/c1-29-33(49)23-31(24-37(29)61-18-11-42(63)55-46(61)66)45(65)59-21-14-47(15-22-59)12-19-58(20-13-47)40-10-16-57(28-48(40,50)51)27-30-5-4-6-36-32(30)9-17-60(36)41-25-35(52-2)43-53-26-38(62(43)56-41)44(64)54-34-7-8-39(34)67-3/h4-6,23-26,34,39-40,52H,7-22,27-28H2,1-3H3,(H,54,64)(H,55,63,66)/t34-,39-,40?/m1/s1. The first-order chi connectivity index (χ1) is 32.2. The monoisotopic (exact) mass is 941 g/mol. The zero-order chi connectivity index (χ0) is 46.8. The van der Waals surface area contributed by atoms with Gasteiger partial charge in [-0.1, -0.05) is 23.7 Å². The molecule has 2 aromatic heterocycles. The van der Waals surface area contributed by atoms with Crippen molar-refractivity contribution in [3.8, 4) is 0 Å². The van der Waals surface area contributed by atoms with Gasteiger partial charge in [-0.15, -0.1) is 5.10 Å². The van der Waals surface area contributed by atoms with Crippen molar-refractivity contribution in [3.05, 3.63) is 75.6 Å². The quantitative estimate of drug-likeness (QED) is 0.171. The Hall–Kier alpha value is -5.43. The summed E-state index contributed by atoms with van der Waals surface area (Å²) in [6.07, 6.45) is 7.77. The Labute approximate surface area is 393 Å². The van der Waals surface area contributed by atoms with E-state index in [0.29, 0.717) is 91.2 Å². The fourth-order valence-corrected chi connectivity index (χ4v) is 11.6. The van der Waals surface area contributed by atoms with Gasteiger partial charge >= 0.3 is 6.03 Å². The summed E-state index contributed by atoms with van der Waals surface area (Å²) in [7, 11) is 3.46. The third-order valence-corrected chi connectivity index (χ3v) is 15.9. The average molecular weight is 943 g/mol. The summed E-state index contributed by atoms with van der Waals surface area (Å²) in [4.78, 5) is 65.4. The maximum atomic E-state index is 16.3. The van der Waals surface area contributed by atoms with Crippen LogP contribution in [0.15, 0.2) is 42.6 Å². The lowest BCUT2D eigenvalue weighted by Gasteiger charge is -2.51. The normalized spacial score (nSPS) is 24.1. The van der Waals surface area contributed by atoms with Gasteiger partial charge in [0.05, 0.1) is 42.3 Å². The Bertz CT molecular complexity index is 2610. The molecule has 1 saturated carbocycles. The van der Waals surface area contributed by atoms with Gasteiger partial charge in [0.2, 0.25) is 5.91 Å². The molecule has 0 radical (unpaired) electrons. The summed E-state index contributed by atoms with van der Waals surface area (Å²) in [6, 6.07) is 9.91. The summed E-state index contributed by atoms with van der Waals surface area (Å²) in [6.45, 7) is 5.63. The Balaban J connectivity index is 0.750. The summed E-state index contributed by atoms with van der Waals surface area (Å²) in [5, 5.41) is 13.9. The third-order valence-electron chi connectivity index (χ3n) is 15.5. The van der Waals surface area contributed by atoms with Crippen molar-refractivity contribution < 1.29 is 32.7 Å². The van der Waals surface area contributed by atoms with E-state index >= 15 is 8.78 Å². The van der Waals surface area contributed by atoms with Gasteiger partial charge in [-0.3, -0.25) is 34.4 Å². The Morgan fingerprint density at radius 3 is 2.40 bits per heavy atom. The maximum Gasteiger partial charge on any atom is 0.328 e. The van der Waals surface area contributed by atoms with Crippen LogP contribution in [-0.4, -0.2) is 144 Å². The molecule has 1 unspecified atom stereocenters. The fraction of sp³-hybridized carbons (Fsp3) is 0.542. The highest BCUT2D eigenvalue weighted by Gasteiger charge is 2.50. The lowest BCUT2D eigenvalue weighted by molar-refractivity contribution is -0.139. The summed E-state index contributed by atoms with van der Waals surface area (Å²) in [5.74, 6) is -3.00. The van der Waals surface area contributed by atoms with Crippen LogP contribution >= 0.6 is 11.6 Å². The third kappa shape index (κ3) is 8.48. The molecule has 1 spiro atoms. The minimum absolute atomic E-state index is 0.00524. The molecule has 4 saturated heterocycles. The van der Waals surface area contributed by atoms with Crippen molar-refractivity contribution >= 4 is 63.9 Å². The number of likely N-dealkylation sites (tertiary alicyclic amines) is 3. The van der Waals surface area contributed by atoms with Crippen LogP contribution in [0.4, 0.5) is 36.5 Å². The second-order valence-corrected chi connectivity index (χ2v) is 19.7. The number of fused-ring (bicyclic) bond motifs is 2. The molecule has 4 aromatic rings. The number of amides is 5. The van der Waals surface area contributed by atoms with Gasteiger partial charge in [0.25, 0.3) is 17.7 Å². The molecule has 7 heterocycles. The number of urea groups is 1. The van der Waals surface area contributed by atoms with E-state index in [1.807, 2.05) is 46.0 Å². The Morgan fingerprint density at radius 1 is 0.940 bits per heavy atom. The van der Waals surface area contributed by atoms with E-state index in [1.165, 1.54) is 4.90 Å². The Kier molecular flexibility index (Phi) is 12.1. The second kappa shape index (κ2) is 17.9. The molecule has 67 heavy (non-hydrogen) atoms. The molecule has 3 atom stereocenters. The van der Waals surface area contributed by atoms with Gasteiger partial charge in [0.1, 0.15) is 0 Å². The highest BCUT2D eigenvalue weighted by Crippen LogP contribution is 2.45. The molecule has 6 aliphatic rings. The molecule has 0 bridgehead atoms. The molecule has 356 valence electrons. The lowest BCUT2D eigenvalue weighted by Crippen LogP contribution is -2.60. The van der Waals surface area contributed by atoms with Gasteiger partial charge in [-0.25, -0.2) is 23.1 Å². The summed E-state index contributed by atoms with van der Waals surface area (Å²) < 4.78 is 39.6. The molecule has 5 aliphatic heterocycles. The summed E-state index contributed by atoms with van der Waals surface area (Å²) >= 11 is 6.57. The zero-order valence-corrected chi connectivity index (χ0v) is 39.0. The molecular formula is C48H58ClF2N11O5. The van der Waals surface area contributed by atoms with Gasteiger partial charge in [-0.05, 0) is 112 Å². The molecule has 10 rings (SSSR count). The van der Waals surface area contributed by atoms with Gasteiger partial charge in [-0.2, -0.15) is 0 Å². The number of hydrogen-bond acceptors (Lipinski definition) is 11. The number of imide groups is 1. The molecule has 5 amide bonds. The average Bonchev–Trinajstić information content (AvgIpc) is 3.95. The number of rotatable bonds is 10. The predicted octanol–water partition coefficient (Wildman–Crippen LogP) is 6.01. The number of halogens is 3. The minimum atomic E-state index is -2.89. The van der Waals surface area contributed by atoms with E-state index in [0.717, 1.165) is 67.4 Å². The van der Waals surface area contributed by atoms with Crippen LogP contribution in [0.3, 0.4) is 0 Å². The number of nitrogens with one attached hydrogen (secondary N) is 3. The zero-order valence-electron chi connectivity index (χ0n) is 38.3. The van der Waals surface area contributed by atoms with Crippen LogP contribution in [-0.2, 0) is 22.5 Å². The van der Waals surface area contributed by atoms with Crippen molar-refractivity contribution in [1.29, 1.82) is 0 Å². The molecule has 1 aliphatic carbocycles. The number of anilines is 4. The number of alkyl halides is 2. The fourth-order valence-electron chi connectivity index (χ4n) is 11.3. The number of methoxy groups -OCH3 is 1. The molecule has 3 N–H and O–H groups in total. The van der Waals surface area contributed by atoms with Gasteiger partial charge in [0, 0.05) is 82.2 Å². The van der Waals surface area contributed by atoms with Crippen LogP contribution in [0.5, 0.6) is 0 Å². The number of ether oxygens (including phenoxy) is 1. The lowest BCUT2D eigenvalue weighted by atomic mass is 9.70. The first kappa shape index (κ1) is 45.4. The van der Waals surface area contributed by atoms with E-state index in [1.54, 1.807) is 36.9 Å². The SMILES string of the molecule is CNc1cc(N2CCc3c(CN4CCC(N5CCC6(CCN(C(=O)c7cc(Cl)c(C)c(N8CCC(=O)NC8=O)c7)CC6)CC5)C(F)(F)C4)cccc32)nn2c(C(=O)N[C@@H]3CC[C@H]3OC)cnc12. The van der Waals surface area contributed by atoms with E-state index in [9.17, 15) is 19.2 Å². The van der Waals surface area contributed by atoms with Gasteiger partial charge < -0.3 is 25.2 Å². The van der Waals surface area contributed by atoms with E-state index in [2.05, 4.69) is 25.8 Å². The Morgan fingerprint density at radius 2 is 1.70 bits per heavy atom. The molecule has 2 aromatic carbocycles. The predicted molar refractivity (Wildman–Crippen MR) is 250 cm³/mol. The highest BCUT2D eigenvalue weighted by atomic mass is 35.5. The van der Waals surface area contributed by atoms with Crippen LogP contribution in [0.2, 0.25) is 5.02 Å². The minimum Gasteiger partial charge on any atom is -0.385 e. The van der Waals surface area contributed by atoms with E-state index in [4.69, 9.17) is 21.4 Å². The van der Waals surface area contributed by atoms with Crippen molar-refractivity contribution in [2.75, 3.05) is 81.6 Å². The van der Waals surface area contributed by atoms with Crippen LogP contribution in [0, 0.1) is 12.3 Å². The van der Waals surface area contributed by atoms with Crippen molar-refractivity contribution in [1.82, 2.24) is 39.9 Å².